The molecular weight excluding hydrogens is 388 g/mol. The zero-order valence-corrected chi connectivity index (χ0v) is 16.7. The highest BCUT2D eigenvalue weighted by molar-refractivity contribution is 6.41. The van der Waals surface area contributed by atoms with E-state index >= 15 is 0 Å². The van der Waals surface area contributed by atoms with Crippen LogP contribution in [0, 0.1) is 0 Å². The zero-order chi connectivity index (χ0) is 20.9. The predicted molar refractivity (Wildman–Crippen MR) is 118 cm³/mol. The fourth-order valence-corrected chi connectivity index (χ4v) is 4.76. The summed E-state index contributed by atoms with van der Waals surface area (Å²) in [5, 5.41) is 13.5. The molecule has 1 aromatic heterocycles. The number of aliphatic hydroxyl groups is 1. The fraction of sp³-hybridized carbons (Fsp3) is 0.200. The number of aliphatic imine (C=N–C) groups is 2. The molecule has 3 aliphatic rings. The molecule has 3 aromatic rings. The molecule has 2 atom stereocenters. The molecule has 0 saturated heterocycles. The number of hydrogen-bond acceptors (Lipinski definition) is 5. The maximum absolute atomic E-state index is 13.0. The van der Waals surface area contributed by atoms with Gasteiger partial charge in [-0.15, -0.1) is 0 Å². The van der Waals surface area contributed by atoms with Gasteiger partial charge in [-0.25, -0.2) is 4.99 Å². The average Bonchev–Trinajstić information content (AvgIpc) is 3.48. The molecule has 2 N–H and O–H groups in total. The molecule has 0 radical (unpaired) electrons. The maximum atomic E-state index is 13.0. The van der Waals surface area contributed by atoms with Gasteiger partial charge in [0.1, 0.15) is 5.71 Å². The second-order valence-electron chi connectivity index (χ2n) is 8.20. The van der Waals surface area contributed by atoms with Gasteiger partial charge in [-0.3, -0.25) is 14.8 Å². The number of aliphatic hydroxyl groups excluding tert-OH is 1. The van der Waals surface area contributed by atoms with Gasteiger partial charge in [-0.2, -0.15) is 0 Å². The number of nitrogens with one attached hydrogen (secondary N) is 1. The number of aromatic nitrogens is 1. The average molecular weight is 408 g/mol. The molecule has 6 rings (SSSR count). The van der Waals surface area contributed by atoms with Gasteiger partial charge in [0.2, 0.25) is 0 Å². The number of rotatable bonds is 3. The Balaban J connectivity index is 1.26. The van der Waals surface area contributed by atoms with Crippen LogP contribution in [-0.2, 0) is 24.2 Å². The Bertz CT molecular complexity index is 1280. The highest BCUT2D eigenvalue weighted by Gasteiger charge is 2.34. The Labute approximate surface area is 179 Å². The van der Waals surface area contributed by atoms with Crippen molar-refractivity contribution in [2.24, 2.45) is 9.98 Å². The molecule has 0 unspecified atom stereocenters. The summed E-state index contributed by atoms with van der Waals surface area (Å²) in [6.07, 6.45) is 3.95. The zero-order valence-electron chi connectivity index (χ0n) is 16.7. The van der Waals surface area contributed by atoms with Crippen LogP contribution in [-0.4, -0.2) is 33.5 Å². The van der Waals surface area contributed by atoms with Crippen molar-refractivity contribution in [1.82, 2.24) is 10.3 Å². The number of carbonyl (C=O) groups is 1. The van der Waals surface area contributed by atoms with E-state index in [1.54, 1.807) is 12.4 Å². The molecule has 152 valence electrons. The van der Waals surface area contributed by atoms with Crippen molar-refractivity contribution in [3.05, 3.63) is 94.3 Å². The summed E-state index contributed by atoms with van der Waals surface area (Å²) in [6, 6.07) is 15.5. The van der Waals surface area contributed by atoms with Crippen LogP contribution in [0.4, 0.5) is 5.69 Å². The summed E-state index contributed by atoms with van der Waals surface area (Å²) >= 11 is 0. The number of pyridine rings is 1. The second-order valence-corrected chi connectivity index (χ2v) is 8.20. The largest absolute Gasteiger partial charge is 0.390 e. The summed E-state index contributed by atoms with van der Waals surface area (Å²) < 4.78 is 0. The minimum absolute atomic E-state index is 0.222. The summed E-state index contributed by atoms with van der Waals surface area (Å²) in [5.74, 6) is -0.222. The van der Waals surface area contributed by atoms with Crippen LogP contribution in [0.2, 0.25) is 0 Å². The number of fused-ring (bicyclic) bond motifs is 3. The van der Waals surface area contributed by atoms with Crippen LogP contribution in [0.1, 0.15) is 39.4 Å². The van der Waals surface area contributed by atoms with Gasteiger partial charge >= 0.3 is 0 Å². The van der Waals surface area contributed by atoms with E-state index in [-0.39, 0.29) is 5.91 Å². The molecule has 0 saturated carbocycles. The van der Waals surface area contributed by atoms with Crippen molar-refractivity contribution in [1.29, 1.82) is 0 Å². The smallest absolute Gasteiger partial charge is 0.266 e. The van der Waals surface area contributed by atoms with Gasteiger partial charge in [0.15, 0.2) is 0 Å². The molecule has 3 heterocycles. The van der Waals surface area contributed by atoms with E-state index in [9.17, 15) is 9.90 Å². The third kappa shape index (κ3) is 2.99. The predicted octanol–water partition coefficient (Wildman–Crippen LogP) is 2.84. The Morgan fingerprint density at radius 3 is 2.74 bits per heavy atom. The van der Waals surface area contributed by atoms with Crippen LogP contribution < -0.4 is 5.32 Å². The second kappa shape index (κ2) is 6.96. The van der Waals surface area contributed by atoms with Gasteiger partial charge in [0, 0.05) is 36.4 Å². The molecule has 6 nitrogen and oxygen atoms in total. The number of nitrogens with zero attached hydrogens (tertiary/aromatic N) is 3. The van der Waals surface area contributed by atoms with Crippen LogP contribution in [0.15, 0.2) is 70.9 Å². The van der Waals surface area contributed by atoms with E-state index in [1.165, 1.54) is 0 Å². The first kappa shape index (κ1) is 18.2. The van der Waals surface area contributed by atoms with Crippen molar-refractivity contribution < 1.29 is 9.90 Å². The SMILES string of the molecule is O=C(N[C@H]1c2ccccc2C[C@H]1O)C1=Nc2cc3c(cc2C1)CN=C3c1ccncc1. The Morgan fingerprint density at radius 2 is 1.87 bits per heavy atom. The summed E-state index contributed by atoms with van der Waals surface area (Å²) in [7, 11) is 0. The van der Waals surface area contributed by atoms with Crippen molar-refractivity contribution >= 4 is 23.0 Å². The van der Waals surface area contributed by atoms with E-state index in [4.69, 9.17) is 4.99 Å². The quantitative estimate of drug-likeness (QED) is 0.699. The van der Waals surface area contributed by atoms with E-state index < -0.39 is 12.1 Å². The normalized spacial score (nSPS) is 20.5. The third-order valence-electron chi connectivity index (χ3n) is 6.29. The molecule has 0 bridgehead atoms. The van der Waals surface area contributed by atoms with Crippen molar-refractivity contribution in [3.8, 4) is 0 Å². The van der Waals surface area contributed by atoms with Gasteiger partial charge < -0.3 is 10.4 Å². The van der Waals surface area contributed by atoms with E-state index in [2.05, 4.69) is 21.4 Å². The molecule has 2 aliphatic heterocycles. The van der Waals surface area contributed by atoms with Crippen LogP contribution in [0.5, 0.6) is 0 Å². The number of amides is 1. The molecule has 2 aromatic carbocycles. The van der Waals surface area contributed by atoms with Crippen molar-refractivity contribution in [2.75, 3.05) is 0 Å². The molecule has 0 fully saturated rings. The van der Waals surface area contributed by atoms with Gasteiger partial charge in [0.05, 0.1) is 30.1 Å². The summed E-state index contributed by atoms with van der Waals surface area (Å²) in [4.78, 5) is 26.4. The van der Waals surface area contributed by atoms with Crippen molar-refractivity contribution in [2.45, 2.75) is 31.5 Å². The third-order valence-corrected chi connectivity index (χ3v) is 6.29. The molecular formula is C25H20N4O2. The Kier molecular flexibility index (Phi) is 4.07. The summed E-state index contributed by atoms with van der Waals surface area (Å²) in [6.45, 7) is 0.632. The molecule has 1 aliphatic carbocycles. The highest BCUT2D eigenvalue weighted by atomic mass is 16.3. The Morgan fingerprint density at radius 1 is 1.03 bits per heavy atom. The van der Waals surface area contributed by atoms with Crippen molar-refractivity contribution in [3.63, 3.8) is 0 Å². The van der Waals surface area contributed by atoms with Gasteiger partial charge in [-0.05, 0) is 40.5 Å². The molecule has 31 heavy (non-hydrogen) atoms. The van der Waals surface area contributed by atoms with E-state index in [1.807, 2.05) is 42.5 Å². The monoisotopic (exact) mass is 408 g/mol. The minimum atomic E-state index is -0.617. The number of benzene rings is 2. The van der Waals surface area contributed by atoms with Crippen LogP contribution >= 0.6 is 0 Å². The standard InChI is InChI=1S/C25H20N4O2/c30-22-11-15-3-1-2-4-18(15)24(22)29-25(31)21-10-16-9-17-13-27-23(14-5-7-26-8-6-14)19(17)12-20(16)28-21/h1-9,12,22,24,30H,10-11,13H2,(H,29,31)/t22-,24+/m1/s1. The lowest BCUT2D eigenvalue weighted by Crippen LogP contribution is -2.38. The molecule has 0 spiro atoms. The number of hydrogen-bond donors (Lipinski definition) is 2. The maximum Gasteiger partial charge on any atom is 0.266 e. The summed E-state index contributed by atoms with van der Waals surface area (Å²) in [5.41, 5.74) is 8.60. The molecule has 1 amide bonds. The highest BCUT2D eigenvalue weighted by Crippen LogP contribution is 2.35. The van der Waals surface area contributed by atoms with E-state index in [0.29, 0.717) is 25.1 Å². The Hall–Kier alpha value is -3.64. The first-order valence-electron chi connectivity index (χ1n) is 10.4. The lowest BCUT2D eigenvalue weighted by Gasteiger charge is -2.17. The lowest BCUT2D eigenvalue weighted by molar-refractivity contribution is -0.116. The van der Waals surface area contributed by atoms with E-state index in [0.717, 1.165) is 44.8 Å². The fourth-order valence-electron chi connectivity index (χ4n) is 4.76. The number of carbonyl (C=O) groups excluding carboxylic acids is 1. The van der Waals surface area contributed by atoms with Gasteiger partial charge in [0.25, 0.3) is 5.91 Å². The minimum Gasteiger partial charge on any atom is -0.390 e. The lowest BCUT2D eigenvalue weighted by atomic mass is 9.97. The first-order chi connectivity index (χ1) is 15.2. The topological polar surface area (TPSA) is 86.9 Å². The van der Waals surface area contributed by atoms with Gasteiger partial charge in [-0.1, -0.05) is 30.3 Å². The molecule has 6 heteroatoms. The van der Waals surface area contributed by atoms with Crippen LogP contribution in [0.25, 0.3) is 0 Å². The van der Waals surface area contributed by atoms with Crippen LogP contribution in [0.3, 0.4) is 0 Å². The first-order valence-corrected chi connectivity index (χ1v) is 10.4.